The largest absolute Gasteiger partial charge is 0.383 e. The number of amides is 1. The molecule has 0 spiro atoms. The topological polar surface area (TPSA) is 68.0 Å². The normalized spacial score (nSPS) is 10.5. The summed E-state index contributed by atoms with van der Waals surface area (Å²) in [5, 5.41) is 2.76. The van der Waals surface area contributed by atoms with Crippen molar-refractivity contribution in [1.29, 1.82) is 0 Å². The predicted octanol–water partition coefficient (Wildman–Crippen LogP) is 3.08. The molecule has 0 aliphatic rings. The van der Waals surface area contributed by atoms with Crippen molar-refractivity contribution < 1.29 is 9.18 Å². The van der Waals surface area contributed by atoms with Crippen molar-refractivity contribution in [2.24, 2.45) is 0 Å². The van der Waals surface area contributed by atoms with Gasteiger partial charge in [0.1, 0.15) is 5.82 Å². The number of benzene rings is 1. The second-order valence-corrected chi connectivity index (χ2v) is 5.17. The molecule has 116 valence electrons. The third kappa shape index (κ3) is 4.28. The van der Waals surface area contributed by atoms with Crippen LogP contribution in [0.3, 0.4) is 0 Å². The monoisotopic (exact) mass is 301 g/mol. The van der Waals surface area contributed by atoms with Crippen LogP contribution in [-0.4, -0.2) is 10.9 Å². The van der Waals surface area contributed by atoms with Crippen molar-refractivity contribution in [3.63, 3.8) is 0 Å². The van der Waals surface area contributed by atoms with Gasteiger partial charge in [-0.3, -0.25) is 4.79 Å². The van der Waals surface area contributed by atoms with Crippen molar-refractivity contribution in [3.8, 4) is 0 Å². The average Bonchev–Trinajstić information content (AvgIpc) is 2.51. The van der Waals surface area contributed by atoms with E-state index in [1.165, 1.54) is 24.5 Å². The maximum Gasteiger partial charge on any atom is 0.255 e. The molecular formula is C17H20FN3O. The second-order valence-electron chi connectivity index (χ2n) is 5.17. The first-order valence-electron chi connectivity index (χ1n) is 7.38. The minimum atomic E-state index is -0.697. The SMILES string of the molecule is CCCCc1ccc(CNC(=O)c2ccc(F)nc2N)cc1. The molecule has 3 N–H and O–H groups in total. The summed E-state index contributed by atoms with van der Waals surface area (Å²) in [6, 6.07) is 10.6. The highest BCUT2D eigenvalue weighted by atomic mass is 19.1. The van der Waals surface area contributed by atoms with Crippen molar-refractivity contribution >= 4 is 11.7 Å². The molecule has 0 saturated carbocycles. The molecule has 1 aromatic heterocycles. The second kappa shape index (κ2) is 7.54. The van der Waals surface area contributed by atoms with Gasteiger partial charge < -0.3 is 11.1 Å². The molecule has 0 unspecified atom stereocenters. The van der Waals surface area contributed by atoms with Crippen molar-refractivity contribution in [1.82, 2.24) is 10.3 Å². The average molecular weight is 301 g/mol. The van der Waals surface area contributed by atoms with Gasteiger partial charge in [-0.05, 0) is 36.1 Å². The zero-order chi connectivity index (χ0) is 15.9. The molecule has 2 aromatic rings. The molecule has 22 heavy (non-hydrogen) atoms. The number of carbonyl (C=O) groups excluding carboxylic acids is 1. The van der Waals surface area contributed by atoms with Gasteiger partial charge in [-0.25, -0.2) is 4.98 Å². The number of aromatic nitrogens is 1. The lowest BCUT2D eigenvalue weighted by molar-refractivity contribution is 0.0951. The number of hydrogen-bond acceptors (Lipinski definition) is 3. The molecule has 4 nitrogen and oxygen atoms in total. The molecule has 0 radical (unpaired) electrons. The van der Waals surface area contributed by atoms with Gasteiger partial charge in [-0.1, -0.05) is 37.6 Å². The number of unbranched alkanes of at least 4 members (excludes halogenated alkanes) is 1. The number of nitrogens with two attached hydrogens (primary N) is 1. The lowest BCUT2D eigenvalue weighted by Crippen LogP contribution is -2.24. The molecule has 1 amide bonds. The first-order valence-corrected chi connectivity index (χ1v) is 7.38. The molecule has 0 aliphatic heterocycles. The Hall–Kier alpha value is -2.43. The number of aryl methyl sites for hydroxylation is 1. The van der Waals surface area contributed by atoms with E-state index in [0.717, 1.165) is 18.1 Å². The maximum absolute atomic E-state index is 12.9. The van der Waals surface area contributed by atoms with Crippen LogP contribution in [0.25, 0.3) is 0 Å². The highest BCUT2D eigenvalue weighted by Crippen LogP contribution is 2.11. The molecule has 0 bridgehead atoms. The summed E-state index contributed by atoms with van der Waals surface area (Å²) in [5.41, 5.74) is 8.02. The van der Waals surface area contributed by atoms with Gasteiger partial charge in [0.2, 0.25) is 5.95 Å². The summed E-state index contributed by atoms with van der Waals surface area (Å²) >= 11 is 0. The van der Waals surface area contributed by atoms with E-state index < -0.39 is 5.95 Å². The fourth-order valence-electron chi connectivity index (χ4n) is 2.12. The number of pyridine rings is 1. The zero-order valence-corrected chi connectivity index (χ0v) is 12.6. The van der Waals surface area contributed by atoms with Gasteiger partial charge in [0.05, 0.1) is 5.56 Å². The third-order valence-electron chi connectivity index (χ3n) is 3.43. The number of nitrogens with zero attached hydrogens (tertiary/aromatic N) is 1. The minimum Gasteiger partial charge on any atom is -0.383 e. The fourth-order valence-corrected chi connectivity index (χ4v) is 2.12. The number of halogens is 1. The summed E-state index contributed by atoms with van der Waals surface area (Å²) in [7, 11) is 0. The number of hydrogen-bond donors (Lipinski definition) is 2. The van der Waals surface area contributed by atoms with Crippen LogP contribution in [0.5, 0.6) is 0 Å². The summed E-state index contributed by atoms with van der Waals surface area (Å²) in [4.78, 5) is 15.4. The molecular weight excluding hydrogens is 281 g/mol. The molecule has 0 atom stereocenters. The lowest BCUT2D eigenvalue weighted by Gasteiger charge is -2.08. The molecule has 1 aromatic carbocycles. The smallest absolute Gasteiger partial charge is 0.255 e. The van der Waals surface area contributed by atoms with Crippen molar-refractivity contribution in [2.75, 3.05) is 5.73 Å². The summed E-state index contributed by atoms with van der Waals surface area (Å²) in [5.74, 6) is -1.16. The van der Waals surface area contributed by atoms with Crippen LogP contribution >= 0.6 is 0 Å². The Morgan fingerprint density at radius 1 is 1.18 bits per heavy atom. The molecule has 0 saturated heterocycles. The Morgan fingerprint density at radius 3 is 2.50 bits per heavy atom. The van der Waals surface area contributed by atoms with E-state index in [0.29, 0.717) is 6.54 Å². The van der Waals surface area contributed by atoms with E-state index in [1.807, 2.05) is 12.1 Å². The fraction of sp³-hybridized carbons (Fsp3) is 0.294. The quantitative estimate of drug-likeness (QED) is 0.806. The van der Waals surface area contributed by atoms with E-state index in [1.54, 1.807) is 0 Å². The Morgan fingerprint density at radius 2 is 1.86 bits per heavy atom. The minimum absolute atomic E-state index is 0.104. The number of carbonyl (C=O) groups is 1. The molecule has 5 heteroatoms. The highest BCUT2D eigenvalue weighted by molar-refractivity contribution is 5.98. The number of anilines is 1. The van der Waals surface area contributed by atoms with Gasteiger partial charge in [0.15, 0.2) is 0 Å². The van der Waals surface area contributed by atoms with Crippen molar-refractivity contribution in [2.45, 2.75) is 32.7 Å². The van der Waals surface area contributed by atoms with Gasteiger partial charge >= 0.3 is 0 Å². The highest BCUT2D eigenvalue weighted by Gasteiger charge is 2.11. The van der Waals surface area contributed by atoms with Gasteiger partial charge in [-0.15, -0.1) is 0 Å². The van der Waals surface area contributed by atoms with Crippen LogP contribution in [0, 0.1) is 5.95 Å². The Labute approximate surface area is 129 Å². The lowest BCUT2D eigenvalue weighted by atomic mass is 10.1. The van der Waals surface area contributed by atoms with E-state index in [4.69, 9.17) is 5.73 Å². The van der Waals surface area contributed by atoms with Gasteiger partial charge in [-0.2, -0.15) is 4.39 Å². The predicted molar refractivity (Wildman–Crippen MR) is 84.8 cm³/mol. The van der Waals surface area contributed by atoms with Crippen LogP contribution in [0.1, 0.15) is 41.3 Å². The molecule has 2 rings (SSSR count). The summed E-state index contributed by atoms with van der Waals surface area (Å²) in [6.45, 7) is 2.56. The van der Waals surface area contributed by atoms with Crippen LogP contribution < -0.4 is 11.1 Å². The van der Waals surface area contributed by atoms with Crippen LogP contribution in [0.2, 0.25) is 0 Å². The van der Waals surface area contributed by atoms with Crippen LogP contribution in [0.4, 0.5) is 10.2 Å². The van der Waals surface area contributed by atoms with E-state index in [2.05, 4.69) is 29.4 Å². The van der Waals surface area contributed by atoms with Gasteiger partial charge in [0.25, 0.3) is 5.91 Å². The van der Waals surface area contributed by atoms with Crippen LogP contribution in [0.15, 0.2) is 36.4 Å². The molecule has 1 heterocycles. The number of rotatable bonds is 6. The molecule has 0 fully saturated rings. The first kappa shape index (κ1) is 15.9. The van der Waals surface area contributed by atoms with Crippen LogP contribution in [-0.2, 0) is 13.0 Å². The van der Waals surface area contributed by atoms with E-state index in [9.17, 15) is 9.18 Å². The van der Waals surface area contributed by atoms with E-state index >= 15 is 0 Å². The van der Waals surface area contributed by atoms with Gasteiger partial charge in [0, 0.05) is 6.54 Å². The Kier molecular flexibility index (Phi) is 5.47. The standard InChI is InChI=1S/C17H20FN3O/c1-2-3-4-12-5-7-13(8-6-12)11-20-17(22)14-9-10-15(18)21-16(14)19/h5-10H,2-4,11H2,1H3,(H2,19,21)(H,20,22). The number of nitrogen functional groups attached to an aromatic ring is 1. The summed E-state index contributed by atoms with van der Waals surface area (Å²) in [6.07, 6.45) is 3.42. The maximum atomic E-state index is 12.9. The Bertz CT molecular complexity index is 641. The van der Waals surface area contributed by atoms with E-state index in [-0.39, 0.29) is 17.3 Å². The third-order valence-corrected chi connectivity index (χ3v) is 3.43. The zero-order valence-electron chi connectivity index (χ0n) is 12.6. The van der Waals surface area contributed by atoms with Crippen molar-refractivity contribution in [3.05, 3.63) is 59.0 Å². The molecule has 0 aliphatic carbocycles. The summed E-state index contributed by atoms with van der Waals surface area (Å²) < 4.78 is 12.9. The number of nitrogens with one attached hydrogen (secondary N) is 1. The first-order chi connectivity index (χ1) is 10.6. The Balaban J connectivity index is 1.93.